The van der Waals surface area contributed by atoms with Gasteiger partial charge >= 0.3 is 6.18 Å². The van der Waals surface area contributed by atoms with Gasteiger partial charge in [-0.05, 0) is 43.5 Å². The summed E-state index contributed by atoms with van der Waals surface area (Å²) in [4.78, 5) is 0. The number of aliphatic hydroxyl groups is 1. The molecule has 0 heterocycles. The quantitative estimate of drug-likeness (QED) is 0.573. The van der Waals surface area contributed by atoms with Crippen molar-refractivity contribution >= 4 is 29.7 Å². The van der Waals surface area contributed by atoms with Gasteiger partial charge < -0.3 is 16.2 Å². The van der Waals surface area contributed by atoms with Crippen molar-refractivity contribution in [1.82, 2.24) is 5.32 Å². The van der Waals surface area contributed by atoms with Gasteiger partial charge in [0.1, 0.15) is 0 Å². The standard InChI is InChI=1S/C19H22ClF3N2O.ClH/c1-18(2,10-12-6-4-3-5-7-12)25-16(11-26)13-8-14(19(21,22)23)17(24)15(20)9-13;/h3-9,16,25-26H,10-11,24H2,1-2H3;1H. The predicted octanol–water partition coefficient (Wildman–Crippen LogP) is 5.01. The molecule has 0 fully saturated rings. The van der Waals surface area contributed by atoms with Gasteiger partial charge in [0.05, 0.1) is 28.9 Å². The minimum absolute atomic E-state index is 0. The number of nitrogens with two attached hydrogens (primary N) is 1. The van der Waals surface area contributed by atoms with Gasteiger partial charge in [0.25, 0.3) is 0 Å². The third-order valence-corrected chi connectivity index (χ3v) is 4.41. The normalized spacial score (nSPS) is 13.1. The van der Waals surface area contributed by atoms with E-state index in [4.69, 9.17) is 17.3 Å². The Morgan fingerprint density at radius 1 is 1.15 bits per heavy atom. The fourth-order valence-corrected chi connectivity index (χ4v) is 3.17. The zero-order valence-corrected chi connectivity index (χ0v) is 16.6. The zero-order chi connectivity index (χ0) is 19.5. The number of benzene rings is 2. The molecule has 1 unspecified atom stereocenters. The van der Waals surface area contributed by atoms with Crippen molar-refractivity contribution in [3.05, 3.63) is 64.2 Å². The Balaban J connectivity index is 0.00000364. The molecule has 2 aromatic carbocycles. The Labute approximate surface area is 168 Å². The topological polar surface area (TPSA) is 58.3 Å². The summed E-state index contributed by atoms with van der Waals surface area (Å²) < 4.78 is 39.5. The Bertz CT molecular complexity index is 753. The molecule has 8 heteroatoms. The minimum atomic E-state index is -4.62. The number of aliphatic hydroxyl groups excluding tert-OH is 1. The van der Waals surface area contributed by atoms with Gasteiger partial charge in [0.15, 0.2) is 0 Å². The van der Waals surface area contributed by atoms with Crippen LogP contribution in [0, 0.1) is 0 Å². The molecule has 0 saturated heterocycles. The molecule has 0 spiro atoms. The monoisotopic (exact) mass is 422 g/mol. The number of anilines is 1. The maximum Gasteiger partial charge on any atom is 0.418 e. The lowest BCUT2D eigenvalue weighted by Gasteiger charge is -2.32. The van der Waals surface area contributed by atoms with Gasteiger partial charge in [-0.25, -0.2) is 0 Å². The summed E-state index contributed by atoms with van der Waals surface area (Å²) in [5.41, 5.74) is 4.81. The van der Waals surface area contributed by atoms with Gasteiger partial charge in [-0.3, -0.25) is 0 Å². The van der Waals surface area contributed by atoms with E-state index in [0.717, 1.165) is 11.6 Å². The molecule has 0 aromatic heterocycles. The Kier molecular flexibility index (Phi) is 7.99. The molecule has 0 bridgehead atoms. The van der Waals surface area contributed by atoms with Gasteiger partial charge in [-0.15, -0.1) is 12.4 Å². The van der Waals surface area contributed by atoms with Gasteiger partial charge in [0, 0.05) is 5.54 Å². The summed E-state index contributed by atoms with van der Waals surface area (Å²) in [6.07, 6.45) is -3.98. The third-order valence-electron chi connectivity index (χ3n) is 4.10. The van der Waals surface area contributed by atoms with Crippen LogP contribution in [-0.4, -0.2) is 17.3 Å². The van der Waals surface area contributed by atoms with Crippen LogP contribution in [-0.2, 0) is 12.6 Å². The molecule has 0 aliphatic rings. The maximum atomic E-state index is 13.2. The molecule has 2 rings (SSSR count). The Morgan fingerprint density at radius 2 is 1.74 bits per heavy atom. The lowest BCUT2D eigenvalue weighted by Crippen LogP contribution is -2.44. The molecule has 4 N–H and O–H groups in total. The van der Waals surface area contributed by atoms with Crippen LogP contribution in [0.15, 0.2) is 42.5 Å². The first kappa shape index (κ1) is 23.6. The number of halogens is 5. The average Bonchev–Trinajstić information content (AvgIpc) is 2.54. The van der Waals surface area contributed by atoms with Crippen LogP contribution in [0.5, 0.6) is 0 Å². The number of rotatable bonds is 6. The van der Waals surface area contributed by atoms with Crippen molar-refractivity contribution in [3.63, 3.8) is 0 Å². The molecule has 0 aliphatic heterocycles. The van der Waals surface area contributed by atoms with E-state index < -0.39 is 29.0 Å². The number of nitrogens with one attached hydrogen (secondary N) is 1. The molecule has 150 valence electrons. The van der Waals surface area contributed by atoms with Crippen LogP contribution in [0.1, 0.15) is 36.6 Å². The molecule has 3 nitrogen and oxygen atoms in total. The van der Waals surface area contributed by atoms with Gasteiger partial charge in [-0.2, -0.15) is 13.2 Å². The SMILES string of the molecule is CC(C)(Cc1ccccc1)NC(CO)c1cc(Cl)c(N)c(C(F)(F)F)c1.Cl. The minimum Gasteiger partial charge on any atom is -0.397 e. The predicted molar refractivity (Wildman–Crippen MR) is 105 cm³/mol. The number of alkyl halides is 3. The molecule has 27 heavy (non-hydrogen) atoms. The van der Waals surface area contributed by atoms with Crippen molar-refractivity contribution < 1.29 is 18.3 Å². The zero-order valence-electron chi connectivity index (χ0n) is 15.0. The van der Waals surface area contributed by atoms with E-state index >= 15 is 0 Å². The summed E-state index contributed by atoms with van der Waals surface area (Å²) in [5.74, 6) is 0. The first-order valence-corrected chi connectivity index (χ1v) is 8.50. The van der Waals surface area contributed by atoms with Crippen LogP contribution in [0.4, 0.5) is 18.9 Å². The van der Waals surface area contributed by atoms with E-state index in [0.29, 0.717) is 6.42 Å². The fraction of sp³-hybridized carbons (Fsp3) is 0.368. The van der Waals surface area contributed by atoms with E-state index in [1.807, 2.05) is 44.2 Å². The number of hydrogen-bond donors (Lipinski definition) is 3. The molecule has 2 aromatic rings. The highest BCUT2D eigenvalue weighted by atomic mass is 35.5. The first-order valence-electron chi connectivity index (χ1n) is 8.12. The third kappa shape index (κ3) is 6.28. The second-order valence-electron chi connectivity index (χ2n) is 6.89. The summed E-state index contributed by atoms with van der Waals surface area (Å²) in [6, 6.07) is 11.3. The van der Waals surface area contributed by atoms with Crippen molar-refractivity contribution in [2.24, 2.45) is 0 Å². The van der Waals surface area contributed by atoms with Crippen molar-refractivity contribution in [2.75, 3.05) is 12.3 Å². The Morgan fingerprint density at radius 3 is 2.26 bits per heavy atom. The van der Waals surface area contributed by atoms with Gasteiger partial charge in [0.2, 0.25) is 0 Å². The van der Waals surface area contributed by atoms with Crippen LogP contribution >= 0.6 is 24.0 Å². The van der Waals surface area contributed by atoms with Crippen LogP contribution in [0.2, 0.25) is 5.02 Å². The summed E-state index contributed by atoms with van der Waals surface area (Å²) in [7, 11) is 0. The molecule has 0 amide bonds. The summed E-state index contributed by atoms with van der Waals surface area (Å²) in [6.45, 7) is 3.47. The molecule has 1 atom stereocenters. The summed E-state index contributed by atoms with van der Waals surface area (Å²) >= 11 is 5.89. The second-order valence-corrected chi connectivity index (χ2v) is 7.29. The van der Waals surface area contributed by atoms with Crippen molar-refractivity contribution in [3.8, 4) is 0 Å². The van der Waals surface area contributed by atoms with E-state index in [1.54, 1.807) is 0 Å². The molecular weight excluding hydrogens is 400 g/mol. The van der Waals surface area contributed by atoms with Crippen molar-refractivity contribution in [2.45, 2.75) is 38.0 Å². The molecular formula is C19H23Cl2F3N2O. The van der Waals surface area contributed by atoms with Crippen LogP contribution < -0.4 is 11.1 Å². The molecule has 0 radical (unpaired) electrons. The average molecular weight is 423 g/mol. The Hall–Kier alpha value is -1.47. The number of hydrogen-bond acceptors (Lipinski definition) is 3. The highest BCUT2D eigenvalue weighted by Gasteiger charge is 2.35. The van der Waals surface area contributed by atoms with E-state index in [-0.39, 0.29) is 29.6 Å². The van der Waals surface area contributed by atoms with Crippen molar-refractivity contribution in [1.29, 1.82) is 0 Å². The van der Waals surface area contributed by atoms with E-state index in [2.05, 4.69) is 5.32 Å². The highest BCUT2D eigenvalue weighted by molar-refractivity contribution is 6.33. The van der Waals surface area contributed by atoms with E-state index in [1.165, 1.54) is 6.07 Å². The smallest absolute Gasteiger partial charge is 0.397 e. The molecule has 0 aliphatic carbocycles. The molecule has 0 saturated carbocycles. The van der Waals surface area contributed by atoms with Crippen LogP contribution in [0.25, 0.3) is 0 Å². The largest absolute Gasteiger partial charge is 0.418 e. The lowest BCUT2D eigenvalue weighted by molar-refractivity contribution is -0.137. The number of nitrogen functional groups attached to an aromatic ring is 1. The summed E-state index contributed by atoms with van der Waals surface area (Å²) in [5, 5.41) is 12.8. The maximum absolute atomic E-state index is 13.2. The second kappa shape index (κ2) is 9.15. The fourth-order valence-electron chi connectivity index (χ4n) is 2.94. The highest BCUT2D eigenvalue weighted by Crippen LogP contribution is 2.39. The van der Waals surface area contributed by atoms with Gasteiger partial charge in [-0.1, -0.05) is 41.9 Å². The van der Waals surface area contributed by atoms with E-state index in [9.17, 15) is 18.3 Å². The first-order chi connectivity index (χ1) is 12.0. The lowest BCUT2D eigenvalue weighted by atomic mass is 9.92. The van der Waals surface area contributed by atoms with Crippen LogP contribution in [0.3, 0.4) is 0 Å².